The van der Waals surface area contributed by atoms with E-state index in [0.717, 1.165) is 37.6 Å². The molecule has 122 valence electrons. The van der Waals surface area contributed by atoms with Crippen LogP contribution in [0.4, 0.5) is 0 Å². The summed E-state index contributed by atoms with van der Waals surface area (Å²) in [7, 11) is 0. The van der Waals surface area contributed by atoms with Gasteiger partial charge in [-0.2, -0.15) is 0 Å². The highest BCUT2D eigenvalue weighted by atomic mass is 32.1. The van der Waals surface area contributed by atoms with Crippen LogP contribution in [0.5, 0.6) is 0 Å². The number of para-hydroxylation sites is 1. The fraction of sp³-hybridized carbons (Fsp3) is 0.235. The van der Waals surface area contributed by atoms with Gasteiger partial charge in [-0.25, -0.2) is 9.97 Å². The Kier molecular flexibility index (Phi) is 3.47. The molecule has 0 bridgehead atoms. The van der Waals surface area contributed by atoms with Crippen LogP contribution < -0.4 is 5.49 Å². The second-order valence-electron chi connectivity index (χ2n) is 5.72. The van der Waals surface area contributed by atoms with Crippen molar-refractivity contribution in [2.24, 2.45) is 0 Å². The van der Waals surface area contributed by atoms with Crippen molar-refractivity contribution >= 4 is 32.6 Å². The minimum absolute atomic E-state index is 0.0136. The van der Waals surface area contributed by atoms with Crippen molar-refractivity contribution in [2.75, 3.05) is 6.61 Å². The van der Waals surface area contributed by atoms with Gasteiger partial charge >= 0.3 is 0 Å². The third-order valence-corrected chi connectivity index (χ3v) is 5.37. The molecule has 4 rings (SSSR count). The molecule has 4 aromatic rings. The van der Waals surface area contributed by atoms with Crippen molar-refractivity contribution in [3.63, 3.8) is 0 Å². The lowest BCUT2D eigenvalue weighted by atomic mass is 10.2. The predicted octanol–water partition coefficient (Wildman–Crippen LogP) is 2.53. The van der Waals surface area contributed by atoms with E-state index in [1.807, 2.05) is 36.6 Å². The Balaban J connectivity index is 2.04. The summed E-state index contributed by atoms with van der Waals surface area (Å²) in [5.41, 5.74) is 4.13. The molecule has 24 heavy (non-hydrogen) atoms. The summed E-state index contributed by atoms with van der Waals surface area (Å²) >= 11 is 1.62. The molecule has 2 N–H and O–H groups in total. The summed E-state index contributed by atoms with van der Waals surface area (Å²) in [6, 6.07) is 8.05. The molecule has 0 unspecified atom stereocenters. The Labute approximate surface area is 142 Å². The summed E-state index contributed by atoms with van der Waals surface area (Å²) < 4.78 is 4.82. The molecule has 7 heteroatoms. The molecule has 0 fully saturated rings. The number of nitrogens with one attached hydrogen (secondary N) is 1. The number of benzene rings is 1. The highest BCUT2D eigenvalue weighted by Gasteiger charge is 2.18. The molecule has 0 spiro atoms. The molecule has 0 atom stereocenters. The molecule has 0 amide bonds. The average Bonchev–Trinajstić information content (AvgIpc) is 3.10. The zero-order valence-electron chi connectivity index (χ0n) is 13.4. The number of aryl methyl sites for hydroxylation is 1. The van der Waals surface area contributed by atoms with Gasteiger partial charge in [-0.1, -0.05) is 23.5 Å². The van der Waals surface area contributed by atoms with Gasteiger partial charge in [0, 0.05) is 12.2 Å². The maximum Gasteiger partial charge on any atom is 0.196 e. The highest BCUT2D eigenvalue weighted by molar-refractivity contribution is 7.20. The van der Waals surface area contributed by atoms with Crippen LogP contribution in [0.15, 0.2) is 30.6 Å². The first-order chi connectivity index (χ1) is 11.6. The average molecular weight is 339 g/mol. The van der Waals surface area contributed by atoms with Gasteiger partial charge in [-0.05, 0) is 31.5 Å². The van der Waals surface area contributed by atoms with Crippen molar-refractivity contribution in [1.82, 2.24) is 19.1 Å². The largest absolute Gasteiger partial charge is 0.395 e. The zero-order valence-corrected chi connectivity index (χ0v) is 14.3. The first-order valence-corrected chi connectivity index (χ1v) is 8.52. The van der Waals surface area contributed by atoms with E-state index in [1.54, 1.807) is 22.2 Å². The number of aromatic nitrogens is 4. The molecule has 3 heterocycles. The van der Waals surface area contributed by atoms with Gasteiger partial charge < -0.3 is 9.67 Å². The van der Waals surface area contributed by atoms with Gasteiger partial charge in [0.25, 0.3) is 0 Å². The lowest BCUT2D eigenvalue weighted by Gasteiger charge is -2.06. The fourth-order valence-corrected chi connectivity index (χ4v) is 4.01. The van der Waals surface area contributed by atoms with Crippen LogP contribution in [0.3, 0.4) is 0 Å². The molecule has 3 aromatic heterocycles. The van der Waals surface area contributed by atoms with Crippen LogP contribution in [0.25, 0.3) is 26.4 Å². The van der Waals surface area contributed by atoms with Crippen LogP contribution >= 0.6 is 11.3 Å². The second kappa shape index (κ2) is 5.54. The molecule has 0 aliphatic rings. The van der Waals surface area contributed by atoms with Gasteiger partial charge in [0.2, 0.25) is 0 Å². The summed E-state index contributed by atoms with van der Waals surface area (Å²) in [6.07, 6.45) is 1.61. The van der Waals surface area contributed by atoms with Gasteiger partial charge in [0.15, 0.2) is 10.8 Å². The molecule has 0 saturated heterocycles. The normalized spacial score (nSPS) is 11.6. The zero-order chi connectivity index (χ0) is 16.8. The molecular weight excluding hydrogens is 322 g/mol. The number of aliphatic hydroxyl groups is 1. The maximum atomic E-state index is 9.16. The van der Waals surface area contributed by atoms with Crippen LogP contribution in [-0.4, -0.2) is 30.8 Å². The monoisotopic (exact) mass is 339 g/mol. The standard InChI is InChI=1S/C17H17N5OS/c1-10-11(2)22(17-20-12-5-3-4-6-13(12)24-17)16-14(10)15(18)21(7-8-23)9-19-16/h3-6,9,18,23H,7-8H2,1-2H3. The smallest absolute Gasteiger partial charge is 0.196 e. The molecule has 0 aliphatic heterocycles. The van der Waals surface area contributed by atoms with Crippen molar-refractivity contribution in [3.8, 4) is 5.13 Å². The van der Waals surface area contributed by atoms with Crippen molar-refractivity contribution in [2.45, 2.75) is 20.4 Å². The first kappa shape index (κ1) is 15.0. The van der Waals surface area contributed by atoms with E-state index in [0.29, 0.717) is 12.0 Å². The van der Waals surface area contributed by atoms with E-state index in [2.05, 4.69) is 11.1 Å². The first-order valence-electron chi connectivity index (χ1n) is 7.70. The molecular formula is C17H17N5OS. The molecule has 0 radical (unpaired) electrons. The third kappa shape index (κ3) is 2.09. The predicted molar refractivity (Wildman–Crippen MR) is 94.7 cm³/mol. The Morgan fingerprint density at radius 1 is 1.25 bits per heavy atom. The lowest BCUT2D eigenvalue weighted by molar-refractivity contribution is 0.273. The summed E-state index contributed by atoms with van der Waals surface area (Å²) in [5.74, 6) is 0. The minimum atomic E-state index is -0.0136. The Bertz CT molecular complexity index is 1090. The third-order valence-electron chi connectivity index (χ3n) is 4.35. The number of thiazole rings is 1. The molecule has 0 saturated carbocycles. The second-order valence-corrected chi connectivity index (χ2v) is 6.73. The van der Waals surface area contributed by atoms with Gasteiger partial charge in [-0.3, -0.25) is 9.98 Å². The van der Waals surface area contributed by atoms with Gasteiger partial charge in [0.1, 0.15) is 5.49 Å². The van der Waals surface area contributed by atoms with Crippen LogP contribution in [0, 0.1) is 19.3 Å². The quantitative estimate of drug-likeness (QED) is 0.602. The number of hydrogen-bond donors (Lipinski definition) is 2. The highest BCUT2D eigenvalue weighted by Crippen LogP contribution is 2.30. The summed E-state index contributed by atoms with van der Waals surface area (Å²) in [5, 5.41) is 19.3. The minimum Gasteiger partial charge on any atom is -0.395 e. The Morgan fingerprint density at radius 3 is 2.79 bits per heavy atom. The lowest BCUT2D eigenvalue weighted by Crippen LogP contribution is -2.22. The maximum absolute atomic E-state index is 9.16. The van der Waals surface area contributed by atoms with E-state index in [9.17, 15) is 0 Å². The topological polar surface area (TPSA) is 79.7 Å². The van der Waals surface area contributed by atoms with Crippen molar-refractivity contribution in [1.29, 1.82) is 5.41 Å². The van der Waals surface area contributed by atoms with Crippen LogP contribution in [-0.2, 0) is 6.54 Å². The van der Waals surface area contributed by atoms with Gasteiger partial charge in [0.05, 0.1) is 28.5 Å². The summed E-state index contributed by atoms with van der Waals surface area (Å²) in [6.45, 7) is 4.39. The molecule has 0 aliphatic carbocycles. The van der Waals surface area contributed by atoms with E-state index < -0.39 is 0 Å². The fourth-order valence-electron chi connectivity index (χ4n) is 2.99. The van der Waals surface area contributed by atoms with Crippen LogP contribution in [0.2, 0.25) is 0 Å². The summed E-state index contributed by atoms with van der Waals surface area (Å²) in [4.78, 5) is 9.28. The SMILES string of the molecule is Cc1c(C)n(-c2nc3ccccc3s2)c2ncn(CCO)c(=N)c12. The number of nitrogens with zero attached hydrogens (tertiary/aromatic N) is 4. The van der Waals surface area contributed by atoms with Gasteiger partial charge in [-0.15, -0.1) is 0 Å². The molecule has 1 aromatic carbocycles. The van der Waals surface area contributed by atoms with Crippen molar-refractivity contribution in [3.05, 3.63) is 47.3 Å². The number of rotatable bonds is 3. The van der Waals surface area contributed by atoms with E-state index >= 15 is 0 Å². The van der Waals surface area contributed by atoms with E-state index in [-0.39, 0.29) is 6.61 Å². The molecule has 6 nitrogen and oxygen atoms in total. The van der Waals surface area contributed by atoms with Crippen molar-refractivity contribution < 1.29 is 5.11 Å². The number of hydrogen-bond acceptors (Lipinski definition) is 5. The van der Waals surface area contributed by atoms with Crippen LogP contribution in [0.1, 0.15) is 11.3 Å². The Hall–Kier alpha value is -2.51. The Morgan fingerprint density at radius 2 is 2.04 bits per heavy atom. The number of fused-ring (bicyclic) bond motifs is 2. The number of aliphatic hydroxyl groups excluding tert-OH is 1. The van der Waals surface area contributed by atoms with E-state index in [1.165, 1.54) is 0 Å². The van der Waals surface area contributed by atoms with E-state index in [4.69, 9.17) is 15.5 Å².